The molecule has 0 bridgehead atoms. The number of alkyl halides is 2. The van der Waals surface area contributed by atoms with Crippen LogP contribution in [0.15, 0.2) is 47.3 Å². The number of pyridine rings is 1. The van der Waals surface area contributed by atoms with Gasteiger partial charge in [0.05, 0.1) is 0 Å². The summed E-state index contributed by atoms with van der Waals surface area (Å²) in [4.78, 5) is 25.3. The van der Waals surface area contributed by atoms with E-state index in [1.807, 2.05) is 0 Å². The monoisotopic (exact) mass is 294 g/mol. The number of halogens is 2. The van der Waals surface area contributed by atoms with Crippen LogP contribution in [0.5, 0.6) is 5.75 Å². The molecule has 0 saturated carbocycles. The van der Waals surface area contributed by atoms with Gasteiger partial charge in [-0.1, -0.05) is 24.3 Å². The summed E-state index contributed by atoms with van der Waals surface area (Å²) in [5, 5.41) is 2.52. The minimum Gasteiger partial charge on any atom is -0.434 e. The highest BCUT2D eigenvalue weighted by Crippen LogP contribution is 2.19. The van der Waals surface area contributed by atoms with Gasteiger partial charge in [0.25, 0.3) is 5.91 Å². The van der Waals surface area contributed by atoms with E-state index in [1.54, 1.807) is 18.2 Å². The molecule has 2 N–H and O–H groups in total. The van der Waals surface area contributed by atoms with Crippen molar-refractivity contribution in [3.05, 3.63) is 64.1 Å². The van der Waals surface area contributed by atoms with Crippen molar-refractivity contribution < 1.29 is 18.3 Å². The minimum atomic E-state index is -2.94. The van der Waals surface area contributed by atoms with Gasteiger partial charge in [-0.2, -0.15) is 8.78 Å². The van der Waals surface area contributed by atoms with E-state index in [-0.39, 0.29) is 18.0 Å². The van der Waals surface area contributed by atoms with Gasteiger partial charge in [0.2, 0.25) is 5.56 Å². The summed E-state index contributed by atoms with van der Waals surface area (Å²) in [6, 6.07) is 10.3. The Morgan fingerprint density at radius 1 is 1.19 bits per heavy atom. The number of aromatic nitrogens is 1. The van der Waals surface area contributed by atoms with E-state index < -0.39 is 18.1 Å². The molecule has 0 aliphatic carbocycles. The third-order valence-electron chi connectivity index (χ3n) is 2.64. The molecule has 1 heterocycles. The van der Waals surface area contributed by atoms with Gasteiger partial charge in [-0.25, -0.2) is 0 Å². The minimum absolute atomic E-state index is 0.00134. The summed E-state index contributed by atoms with van der Waals surface area (Å²) in [6.45, 7) is -2.94. The number of aromatic amines is 1. The predicted octanol–water partition coefficient (Wildman–Crippen LogP) is 1.91. The van der Waals surface area contributed by atoms with Crippen LogP contribution in [-0.4, -0.2) is 17.5 Å². The number of H-pyrrole nitrogens is 1. The number of ether oxygens (including phenoxy) is 1. The lowest BCUT2D eigenvalue weighted by Gasteiger charge is -2.11. The van der Waals surface area contributed by atoms with Crippen LogP contribution < -0.4 is 15.6 Å². The van der Waals surface area contributed by atoms with Crippen molar-refractivity contribution in [3.63, 3.8) is 0 Å². The molecule has 110 valence electrons. The summed E-state index contributed by atoms with van der Waals surface area (Å²) in [5.74, 6) is -0.520. The molecule has 7 heteroatoms. The summed E-state index contributed by atoms with van der Waals surface area (Å²) < 4.78 is 28.9. The largest absolute Gasteiger partial charge is 0.434 e. The van der Waals surface area contributed by atoms with Gasteiger partial charge in [0.1, 0.15) is 11.4 Å². The average Bonchev–Trinajstić information content (AvgIpc) is 2.45. The number of hydrogen-bond donors (Lipinski definition) is 2. The van der Waals surface area contributed by atoms with Crippen LogP contribution in [-0.2, 0) is 6.54 Å². The van der Waals surface area contributed by atoms with Crippen molar-refractivity contribution in [2.75, 3.05) is 0 Å². The van der Waals surface area contributed by atoms with E-state index in [9.17, 15) is 18.4 Å². The zero-order valence-electron chi connectivity index (χ0n) is 10.8. The number of carbonyl (C=O) groups is 1. The first-order valence-electron chi connectivity index (χ1n) is 6.06. The molecule has 5 nitrogen and oxygen atoms in total. The Kier molecular flexibility index (Phi) is 4.65. The maximum Gasteiger partial charge on any atom is 0.387 e. The molecule has 1 aromatic heterocycles. The van der Waals surface area contributed by atoms with Gasteiger partial charge >= 0.3 is 6.61 Å². The maximum absolute atomic E-state index is 12.3. The van der Waals surface area contributed by atoms with Crippen LogP contribution in [0.25, 0.3) is 0 Å². The lowest BCUT2D eigenvalue weighted by molar-refractivity contribution is -0.0504. The van der Waals surface area contributed by atoms with Crippen molar-refractivity contribution in [3.8, 4) is 5.75 Å². The standard InChI is InChI=1S/C14H12F2N2O3/c15-14(16)21-11-6-2-1-4-9(11)8-17-13(20)10-5-3-7-12(19)18-10/h1-7,14H,8H2,(H,17,20)(H,18,19). The summed E-state index contributed by atoms with van der Waals surface area (Å²) in [7, 11) is 0. The number of carbonyl (C=O) groups excluding carboxylic acids is 1. The average molecular weight is 294 g/mol. The van der Waals surface area contributed by atoms with Gasteiger partial charge in [-0.05, 0) is 12.1 Å². The number of rotatable bonds is 5. The Labute approximate surface area is 118 Å². The number of para-hydroxylation sites is 1. The zero-order chi connectivity index (χ0) is 15.2. The first-order chi connectivity index (χ1) is 10.1. The molecule has 0 radical (unpaired) electrons. The molecule has 0 fully saturated rings. The SMILES string of the molecule is O=C(NCc1ccccc1OC(F)F)c1cccc(=O)[nH]1. The van der Waals surface area contributed by atoms with Gasteiger partial charge in [-0.15, -0.1) is 0 Å². The van der Waals surface area contributed by atoms with Crippen LogP contribution in [0.2, 0.25) is 0 Å². The molecule has 0 aliphatic heterocycles. The van der Waals surface area contributed by atoms with Crippen LogP contribution in [0.4, 0.5) is 8.78 Å². The molecule has 0 unspecified atom stereocenters. The second-order valence-electron chi connectivity index (χ2n) is 4.10. The number of nitrogens with one attached hydrogen (secondary N) is 2. The summed E-state index contributed by atoms with van der Waals surface area (Å²) in [6.07, 6.45) is 0. The van der Waals surface area contributed by atoms with Gasteiger partial charge in [0, 0.05) is 18.2 Å². The molecular weight excluding hydrogens is 282 g/mol. The number of amides is 1. The Bertz CT molecular complexity index is 686. The number of hydrogen-bond acceptors (Lipinski definition) is 3. The maximum atomic E-state index is 12.3. The van der Waals surface area contributed by atoms with E-state index in [0.717, 1.165) is 0 Å². The first kappa shape index (κ1) is 14.7. The molecule has 0 aliphatic rings. The van der Waals surface area contributed by atoms with Crippen molar-refractivity contribution in [1.82, 2.24) is 10.3 Å². The molecule has 21 heavy (non-hydrogen) atoms. The fourth-order valence-corrected chi connectivity index (χ4v) is 1.71. The summed E-state index contributed by atoms with van der Waals surface area (Å²) in [5.41, 5.74) is 0.100. The van der Waals surface area contributed by atoms with Crippen molar-refractivity contribution in [2.24, 2.45) is 0 Å². The van der Waals surface area contributed by atoms with E-state index in [2.05, 4.69) is 15.0 Å². The molecule has 2 rings (SSSR count). The van der Waals surface area contributed by atoms with Gasteiger partial charge in [0.15, 0.2) is 0 Å². The van der Waals surface area contributed by atoms with E-state index in [0.29, 0.717) is 5.56 Å². The fraction of sp³-hybridized carbons (Fsp3) is 0.143. The third kappa shape index (κ3) is 4.13. The van der Waals surface area contributed by atoms with E-state index in [4.69, 9.17) is 0 Å². The lowest BCUT2D eigenvalue weighted by atomic mass is 10.2. The molecule has 2 aromatic rings. The smallest absolute Gasteiger partial charge is 0.387 e. The predicted molar refractivity (Wildman–Crippen MR) is 71.3 cm³/mol. The molecule has 0 spiro atoms. The van der Waals surface area contributed by atoms with Crippen molar-refractivity contribution >= 4 is 5.91 Å². The van der Waals surface area contributed by atoms with Crippen molar-refractivity contribution in [2.45, 2.75) is 13.2 Å². The zero-order valence-corrected chi connectivity index (χ0v) is 10.8. The third-order valence-corrected chi connectivity index (χ3v) is 2.64. The van der Waals surface area contributed by atoms with Gasteiger partial charge in [-0.3, -0.25) is 9.59 Å². The second kappa shape index (κ2) is 6.65. The molecule has 1 aromatic carbocycles. The molecule has 0 saturated heterocycles. The van der Waals surface area contributed by atoms with E-state index in [1.165, 1.54) is 24.3 Å². The van der Waals surface area contributed by atoms with Gasteiger partial charge < -0.3 is 15.0 Å². The highest BCUT2D eigenvalue weighted by Gasteiger charge is 2.11. The van der Waals surface area contributed by atoms with Crippen LogP contribution in [0, 0.1) is 0 Å². The first-order valence-corrected chi connectivity index (χ1v) is 6.06. The molecule has 1 amide bonds. The Hall–Kier alpha value is -2.70. The van der Waals surface area contributed by atoms with Crippen LogP contribution >= 0.6 is 0 Å². The highest BCUT2D eigenvalue weighted by atomic mass is 19.3. The Morgan fingerprint density at radius 2 is 1.95 bits per heavy atom. The normalized spacial score (nSPS) is 10.4. The number of benzene rings is 1. The lowest BCUT2D eigenvalue weighted by Crippen LogP contribution is -2.26. The highest BCUT2D eigenvalue weighted by molar-refractivity contribution is 5.92. The van der Waals surface area contributed by atoms with E-state index >= 15 is 0 Å². The Balaban J connectivity index is 2.06. The van der Waals surface area contributed by atoms with Crippen LogP contribution in [0.1, 0.15) is 16.1 Å². The van der Waals surface area contributed by atoms with Crippen LogP contribution in [0.3, 0.4) is 0 Å². The summed E-state index contributed by atoms with van der Waals surface area (Å²) >= 11 is 0. The van der Waals surface area contributed by atoms with Crippen molar-refractivity contribution in [1.29, 1.82) is 0 Å². The fourth-order valence-electron chi connectivity index (χ4n) is 1.71. The molecule has 0 atom stereocenters. The second-order valence-corrected chi connectivity index (χ2v) is 4.10. The quantitative estimate of drug-likeness (QED) is 0.885. The molecular formula is C14H12F2N2O3. The Morgan fingerprint density at radius 3 is 2.67 bits per heavy atom. The topological polar surface area (TPSA) is 71.2 Å².